The number of carbonyl (C=O) groups excluding carboxylic acids is 1. The first-order valence-corrected chi connectivity index (χ1v) is 13.4. The molecule has 1 aliphatic rings. The van der Waals surface area contributed by atoms with Gasteiger partial charge in [-0.05, 0) is 48.9 Å². The van der Waals surface area contributed by atoms with Gasteiger partial charge in [-0.2, -0.15) is 5.10 Å². The van der Waals surface area contributed by atoms with Gasteiger partial charge in [0.25, 0.3) is 5.91 Å². The van der Waals surface area contributed by atoms with Crippen LogP contribution in [0.5, 0.6) is 0 Å². The van der Waals surface area contributed by atoms with Gasteiger partial charge in [-0.15, -0.1) is 0 Å². The molecule has 0 radical (unpaired) electrons. The van der Waals surface area contributed by atoms with E-state index in [4.69, 9.17) is 0 Å². The molecule has 1 aromatic carbocycles. The van der Waals surface area contributed by atoms with E-state index in [9.17, 15) is 9.00 Å². The fourth-order valence-electron chi connectivity index (χ4n) is 4.11. The molecule has 1 unspecified atom stereocenters. The SMILES string of the molecule is C=S(C)(=O)Nc1ncc(NC(=O)c2n[nH]c3ccc(-c4cncc(N5CCCCC5)c4)cc23)cn1. The van der Waals surface area contributed by atoms with Crippen LogP contribution in [-0.2, 0) is 9.71 Å². The summed E-state index contributed by atoms with van der Waals surface area (Å²) in [5.41, 5.74) is 4.45. The van der Waals surface area contributed by atoms with Gasteiger partial charge in [0, 0.05) is 46.2 Å². The summed E-state index contributed by atoms with van der Waals surface area (Å²) in [6.45, 7) is 2.09. The Balaban J connectivity index is 1.38. The first-order valence-electron chi connectivity index (χ1n) is 11.3. The van der Waals surface area contributed by atoms with Crippen LogP contribution < -0.4 is 14.9 Å². The molecule has 35 heavy (non-hydrogen) atoms. The third-order valence-corrected chi connectivity index (χ3v) is 6.39. The normalized spacial score (nSPS) is 15.5. The summed E-state index contributed by atoms with van der Waals surface area (Å²) in [5.74, 6) is 3.28. The Morgan fingerprint density at radius 3 is 2.57 bits per heavy atom. The number of hydrogen-bond donors (Lipinski definition) is 3. The number of piperidine rings is 1. The number of hydrogen-bond acceptors (Lipinski definition) is 7. The maximum Gasteiger partial charge on any atom is 0.276 e. The zero-order valence-corrected chi connectivity index (χ0v) is 20.1. The quantitative estimate of drug-likeness (QED) is 0.354. The molecule has 11 heteroatoms. The van der Waals surface area contributed by atoms with Gasteiger partial charge in [0.05, 0.1) is 35.5 Å². The van der Waals surface area contributed by atoms with E-state index in [1.54, 1.807) is 0 Å². The van der Waals surface area contributed by atoms with Crippen LogP contribution in [0.4, 0.5) is 17.3 Å². The number of rotatable bonds is 6. The number of benzene rings is 1. The lowest BCUT2D eigenvalue weighted by Crippen LogP contribution is -2.29. The van der Waals surface area contributed by atoms with E-state index in [1.165, 1.54) is 37.9 Å². The molecule has 4 aromatic rings. The maximum absolute atomic E-state index is 13.0. The summed E-state index contributed by atoms with van der Waals surface area (Å²) in [6, 6.07) is 7.99. The Morgan fingerprint density at radius 1 is 1.06 bits per heavy atom. The fraction of sp³-hybridized carbons (Fsp3) is 0.250. The van der Waals surface area contributed by atoms with E-state index in [-0.39, 0.29) is 11.6 Å². The number of nitrogens with one attached hydrogen (secondary N) is 3. The van der Waals surface area contributed by atoms with E-state index in [0.29, 0.717) is 11.1 Å². The van der Waals surface area contributed by atoms with Crippen molar-refractivity contribution in [2.75, 3.05) is 34.3 Å². The van der Waals surface area contributed by atoms with Gasteiger partial charge in [-0.1, -0.05) is 6.07 Å². The number of fused-ring (bicyclic) bond motifs is 1. The highest BCUT2D eigenvalue weighted by Gasteiger charge is 2.17. The molecule has 1 saturated heterocycles. The van der Waals surface area contributed by atoms with Crippen molar-refractivity contribution < 1.29 is 9.00 Å². The molecule has 3 aromatic heterocycles. The van der Waals surface area contributed by atoms with Crippen LogP contribution in [0, 0.1) is 0 Å². The van der Waals surface area contributed by atoms with Gasteiger partial charge >= 0.3 is 0 Å². The molecule has 0 spiro atoms. The molecule has 1 amide bonds. The summed E-state index contributed by atoms with van der Waals surface area (Å²) in [6.07, 6.45) is 11.7. The minimum Gasteiger partial charge on any atom is -0.370 e. The first kappa shape index (κ1) is 22.8. The summed E-state index contributed by atoms with van der Waals surface area (Å²) in [7, 11) is -2.49. The molecule has 1 fully saturated rings. The van der Waals surface area contributed by atoms with Crippen molar-refractivity contribution in [1.29, 1.82) is 0 Å². The molecule has 0 aliphatic carbocycles. The number of pyridine rings is 1. The minimum absolute atomic E-state index is 0.167. The smallest absolute Gasteiger partial charge is 0.276 e. The number of H-pyrrole nitrogens is 1. The van der Waals surface area contributed by atoms with Crippen molar-refractivity contribution in [3.05, 3.63) is 54.7 Å². The monoisotopic (exact) mass is 490 g/mol. The average molecular weight is 491 g/mol. The van der Waals surface area contributed by atoms with Crippen LogP contribution in [0.2, 0.25) is 0 Å². The fourth-order valence-corrected chi connectivity index (χ4v) is 4.60. The van der Waals surface area contributed by atoms with E-state index >= 15 is 0 Å². The summed E-state index contributed by atoms with van der Waals surface area (Å²) in [4.78, 5) is 27.9. The lowest BCUT2D eigenvalue weighted by atomic mass is 10.0. The number of aromatic amines is 1. The zero-order valence-electron chi connectivity index (χ0n) is 19.3. The largest absolute Gasteiger partial charge is 0.370 e. The molecule has 4 heterocycles. The second kappa shape index (κ2) is 9.34. The van der Waals surface area contributed by atoms with Crippen LogP contribution in [0.15, 0.2) is 49.1 Å². The van der Waals surface area contributed by atoms with Crippen LogP contribution in [0.3, 0.4) is 0 Å². The Labute approximate surface area is 203 Å². The highest BCUT2D eigenvalue weighted by Crippen LogP contribution is 2.29. The summed E-state index contributed by atoms with van der Waals surface area (Å²) < 4.78 is 14.4. The van der Waals surface area contributed by atoms with Crippen LogP contribution >= 0.6 is 0 Å². The van der Waals surface area contributed by atoms with Crippen molar-refractivity contribution >= 4 is 49.7 Å². The van der Waals surface area contributed by atoms with Crippen LogP contribution in [0.25, 0.3) is 22.0 Å². The molecule has 5 rings (SSSR count). The minimum atomic E-state index is -2.49. The second-order valence-electron chi connectivity index (χ2n) is 8.67. The highest BCUT2D eigenvalue weighted by atomic mass is 32.2. The molecular weight excluding hydrogens is 464 g/mol. The Kier molecular flexibility index (Phi) is 6.08. The molecule has 1 aliphatic heterocycles. The Bertz CT molecular complexity index is 1480. The Hall–Kier alpha value is -3.99. The Morgan fingerprint density at radius 2 is 1.83 bits per heavy atom. The lowest BCUT2D eigenvalue weighted by Gasteiger charge is -2.28. The first-order chi connectivity index (χ1) is 16.9. The average Bonchev–Trinajstić information content (AvgIpc) is 3.28. The predicted octanol–water partition coefficient (Wildman–Crippen LogP) is 3.33. The third kappa shape index (κ3) is 5.24. The topological polar surface area (TPSA) is 129 Å². The highest BCUT2D eigenvalue weighted by molar-refractivity contribution is 8.00. The number of carbonyl (C=O) groups is 1. The van der Waals surface area contributed by atoms with E-state index < -0.39 is 15.6 Å². The van der Waals surface area contributed by atoms with Crippen molar-refractivity contribution in [2.24, 2.45) is 0 Å². The predicted molar refractivity (Wildman–Crippen MR) is 140 cm³/mol. The van der Waals surface area contributed by atoms with Gasteiger partial charge < -0.3 is 10.2 Å². The van der Waals surface area contributed by atoms with Crippen molar-refractivity contribution in [3.8, 4) is 11.1 Å². The standard InChI is InChI=1S/C24H26N8O2S/c1-35(2,34)31-24-26-13-18(14-27-24)28-23(33)22-20-11-16(6-7-21(20)29-30-22)17-10-19(15-25-12-17)32-8-4-3-5-9-32/h6-7,10-15H,1,3-5,8-9H2,2H3,(H,28,33)(H,29,30)(H,26,27,31,34). The molecule has 0 bridgehead atoms. The van der Waals surface area contributed by atoms with Crippen LogP contribution in [0.1, 0.15) is 29.8 Å². The molecule has 1 atom stereocenters. The third-order valence-electron chi connectivity index (χ3n) is 5.77. The van der Waals surface area contributed by atoms with Crippen molar-refractivity contribution in [2.45, 2.75) is 19.3 Å². The van der Waals surface area contributed by atoms with Crippen LogP contribution in [-0.4, -0.2) is 60.5 Å². The second-order valence-corrected chi connectivity index (χ2v) is 10.9. The number of amides is 1. The van der Waals surface area contributed by atoms with Gasteiger partial charge in [-0.25, -0.2) is 14.2 Å². The number of aromatic nitrogens is 5. The number of anilines is 3. The van der Waals surface area contributed by atoms with Crippen molar-refractivity contribution in [3.63, 3.8) is 0 Å². The van der Waals surface area contributed by atoms with E-state index in [1.807, 2.05) is 30.6 Å². The van der Waals surface area contributed by atoms with Gasteiger partial charge in [-0.3, -0.25) is 19.6 Å². The zero-order chi connectivity index (χ0) is 24.4. The van der Waals surface area contributed by atoms with Gasteiger partial charge in [0.2, 0.25) is 5.95 Å². The van der Waals surface area contributed by atoms with Gasteiger partial charge in [0.1, 0.15) is 0 Å². The molecular formula is C24H26N8O2S. The lowest BCUT2D eigenvalue weighted by molar-refractivity contribution is 0.102. The number of nitrogens with zero attached hydrogens (tertiary/aromatic N) is 5. The maximum atomic E-state index is 13.0. The molecule has 3 N–H and O–H groups in total. The molecule has 180 valence electrons. The molecule has 0 saturated carbocycles. The summed E-state index contributed by atoms with van der Waals surface area (Å²) >= 11 is 0. The molecule has 10 nitrogen and oxygen atoms in total. The van der Waals surface area contributed by atoms with Gasteiger partial charge in [0.15, 0.2) is 5.69 Å². The summed E-state index contributed by atoms with van der Waals surface area (Å²) in [5, 5.41) is 10.6. The van der Waals surface area contributed by atoms with E-state index in [0.717, 1.165) is 35.4 Å². The van der Waals surface area contributed by atoms with E-state index in [2.05, 4.69) is 52.0 Å². The van der Waals surface area contributed by atoms with Crippen molar-refractivity contribution in [1.82, 2.24) is 25.1 Å².